The quantitative estimate of drug-likeness (QED) is 0.792. The van der Waals surface area contributed by atoms with Crippen molar-refractivity contribution in [2.75, 3.05) is 39.6 Å². The normalized spacial score (nSPS) is 22.4. The van der Waals surface area contributed by atoms with Crippen molar-refractivity contribution in [2.45, 2.75) is 57.4 Å². The van der Waals surface area contributed by atoms with E-state index in [9.17, 15) is 4.79 Å². The number of ether oxygens (including phenoxy) is 3. The number of nitrogens with one attached hydrogen (secondary N) is 1. The number of morpholine rings is 1. The minimum absolute atomic E-state index is 0.162. The highest BCUT2D eigenvalue weighted by Crippen LogP contribution is 2.43. The fourth-order valence-corrected chi connectivity index (χ4v) is 5.06. The smallest absolute Gasteiger partial charge is 0.231 e. The SMILES string of the molecule is CC(C)C(CNC(=O)C1(c2ccc3c(c2)OCO3)CCCCC1)N1CCOCC1. The van der Waals surface area contributed by atoms with Crippen molar-refractivity contribution >= 4 is 5.91 Å². The zero-order chi connectivity index (χ0) is 20.3. The van der Waals surface area contributed by atoms with Gasteiger partial charge in [0.1, 0.15) is 0 Å². The van der Waals surface area contributed by atoms with Crippen LogP contribution < -0.4 is 14.8 Å². The summed E-state index contributed by atoms with van der Waals surface area (Å²) in [5, 5.41) is 3.34. The first-order chi connectivity index (χ1) is 14.1. The lowest BCUT2D eigenvalue weighted by atomic mass is 9.68. The highest BCUT2D eigenvalue weighted by molar-refractivity contribution is 5.88. The molecule has 1 unspecified atom stereocenters. The van der Waals surface area contributed by atoms with Crippen molar-refractivity contribution in [3.8, 4) is 11.5 Å². The maximum atomic E-state index is 13.6. The molecule has 0 radical (unpaired) electrons. The number of carbonyl (C=O) groups excluding carboxylic acids is 1. The van der Waals surface area contributed by atoms with Crippen molar-refractivity contribution in [3.63, 3.8) is 0 Å². The van der Waals surface area contributed by atoms with Crippen LogP contribution in [-0.4, -0.2) is 56.5 Å². The fourth-order valence-electron chi connectivity index (χ4n) is 5.06. The maximum absolute atomic E-state index is 13.6. The summed E-state index contributed by atoms with van der Waals surface area (Å²) in [6.45, 7) is 8.84. The lowest BCUT2D eigenvalue weighted by molar-refractivity contribution is -0.128. The molecule has 1 N–H and O–H groups in total. The van der Waals surface area contributed by atoms with E-state index in [0.717, 1.165) is 69.0 Å². The van der Waals surface area contributed by atoms with E-state index in [1.54, 1.807) is 0 Å². The van der Waals surface area contributed by atoms with Crippen LogP contribution in [0, 0.1) is 5.92 Å². The van der Waals surface area contributed by atoms with Gasteiger partial charge in [-0.1, -0.05) is 39.2 Å². The average molecular weight is 403 g/mol. The lowest BCUT2D eigenvalue weighted by Gasteiger charge is -2.39. The molecule has 1 saturated carbocycles. The van der Waals surface area contributed by atoms with Crippen molar-refractivity contribution in [1.82, 2.24) is 10.2 Å². The zero-order valence-corrected chi connectivity index (χ0v) is 17.7. The Bertz CT molecular complexity index is 709. The van der Waals surface area contributed by atoms with E-state index in [0.29, 0.717) is 18.5 Å². The molecule has 1 atom stereocenters. The Morgan fingerprint density at radius 1 is 1.10 bits per heavy atom. The van der Waals surface area contributed by atoms with E-state index in [-0.39, 0.29) is 12.7 Å². The van der Waals surface area contributed by atoms with E-state index in [4.69, 9.17) is 14.2 Å². The van der Waals surface area contributed by atoms with Gasteiger partial charge in [0.25, 0.3) is 0 Å². The average Bonchev–Trinajstić information content (AvgIpc) is 3.22. The molecule has 3 aliphatic rings. The second kappa shape index (κ2) is 8.92. The Morgan fingerprint density at radius 3 is 2.55 bits per heavy atom. The highest BCUT2D eigenvalue weighted by atomic mass is 16.7. The number of fused-ring (bicyclic) bond motifs is 1. The van der Waals surface area contributed by atoms with Crippen molar-refractivity contribution in [3.05, 3.63) is 23.8 Å². The summed E-state index contributed by atoms with van der Waals surface area (Å²) in [5.74, 6) is 2.16. The first-order valence-electron chi connectivity index (χ1n) is 11.1. The van der Waals surface area contributed by atoms with Gasteiger partial charge in [-0.2, -0.15) is 0 Å². The number of hydrogen-bond donors (Lipinski definition) is 1. The summed E-state index contributed by atoms with van der Waals surface area (Å²) in [4.78, 5) is 16.1. The predicted octanol–water partition coefficient (Wildman–Crippen LogP) is 3.09. The Labute approximate surface area is 173 Å². The minimum atomic E-state index is -0.466. The van der Waals surface area contributed by atoms with Crippen LogP contribution >= 0.6 is 0 Å². The summed E-state index contributed by atoms with van der Waals surface area (Å²) in [6, 6.07) is 6.36. The first kappa shape index (κ1) is 20.5. The topological polar surface area (TPSA) is 60.0 Å². The largest absolute Gasteiger partial charge is 0.454 e. The van der Waals surface area contributed by atoms with Crippen molar-refractivity contribution < 1.29 is 19.0 Å². The Balaban J connectivity index is 1.51. The molecule has 6 nitrogen and oxygen atoms in total. The molecule has 0 spiro atoms. The molecule has 160 valence electrons. The molecule has 1 aromatic rings. The molecule has 1 saturated heterocycles. The molecule has 0 aromatic heterocycles. The van der Waals surface area contributed by atoms with Crippen LogP contribution in [0.2, 0.25) is 0 Å². The summed E-state index contributed by atoms with van der Waals surface area (Å²) in [7, 11) is 0. The number of nitrogens with zero attached hydrogens (tertiary/aromatic N) is 1. The van der Waals surface area contributed by atoms with Gasteiger partial charge in [-0.15, -0.1) is 0 Å². The number of amides is 1. The highest BCUT2D eigenvalue weighted by Gasteiger charge is 2.42. The molecule has 6 heteroatoms. The van der Waals surface area contributed by atoms with E-state index in [1.165, 1.54) is 6.42 Å². The molecular weight excluding hydrogens is 368 g/mol. The minimum Gasteiger partial charge on any atom is -0.454 e. The van der Waals surface area contributed by atoms with Crippen LogP contribution in [0.25, 0.3) is 0 Å². The number of carbonyl (C=O) groups is 1. The third-order valence-electron chi connectivity index (χ3n) is 6.82. The molecule has 29 heavy (non-hydrogen) atoms. The second-order valence-corrected chi connectivity index (χ2v) is 8.88. The van der Waals surface area contributed by atoms with Crippen LogP contribution in [0.4, 0.5) is 0 Å². The Kier molecular flexibility index (Phi) is 6.30. The monoisotopic (exact) mass is 402 g/mol. The van der Waals surface area contributed by atoms with Gasteiger partial charge in [-0.25, -0.2) is 0 Å². The van der Waals surface area contributed by atoms with Crippen molar-refractivity contribution in [2.24, 2.45) is 5.92 Å². The molecule has 2 aliphatic heterocycles. The van der Waals surface area contributed by atoms with Crippen LogP contribution in [0.5, 0.6) is 11.5 Å². The van der Waals surface area contributed by atoms with Gasteiger partial charge in [-0.3, -0.25) is 9.69 Å². The number of benzene rings is 1. The van der Waals surface area contributed by atoms with E-state index >= 15 is 0 Å². The van der Waals surface area contributed by atoms with Crippen LogP contribution in [0.3, 0.4) is 0 Å². The van der Waals surface area contributed by atoms with E-state index in [2.05, 4.69) is 30.1 Å². The first-order valence-corrected chi connectivity index (χ1v) is 11.1. The molecule has 2 fully saturated rings. The summed E-state index contributed by atoms with van der Waals surface area (Å²) in [6.07, 6.45) is 5.14. The van der Waals surface area contributed by atoms with Gasteiger partial charge in [0.15, 0.2) is 11.5 Å². The Hall–Kier alpha value is -1.79. The third kappa shape index (κ3) is 4.24. The van der Waals surface area contributed by atoms with Gasteiger partial charge in [0, 0.05) is 25.7 Å². The fraction of sp³-hybridized carbons (Fsp3) is 0.696. The molecule has 0 bridgehead atoms. The summed E-state index contributed by atoms with van der Waals surface area (Å²) < 4.78 is 16.6. The van der Waals surface area contributed by atoms with Gasteiger partial charge in [0.2, 0.25) is 12.7 Å². The van der Waals surface area contributed by atoms with Crippen LogP contribution in [-0.2, 0) is 14.9 Å². The molecule has 2 heterocycles. The van der Waals surface area contributed by atoms with E-state index in [1.807, 2.05) is 12.1 Å². The molecule has 1 aliphatic carbocycles. The standard InChI is InChI=1S/C23H34N2O4/c1-17(2)19(25-10-12-27-13-11-25)15-24-22(26)23(8-4-3-5-9-23)18-6-7-20-21(14-18)29-16-28-20/h6-7,14,17,19H,3-5,8-13,15-16H2,1-2H3,(H,24,26). The summed E-state index contributed by atoms with van der Waals surface area (Å²) >= 11 is 0. The number of hydrogen-bond acceptors (Lipinski definition) is 5. The zero-order valence-electron chi connectivity index (χ0n) is 17.7. The molecule has 4 rings (SSSR count). The lowest BCUT2D eigenvalue weighted by Crippen LogP contribution is -2.54. The molecule has 1 amide bonds. The molecule has 1 aromatic carbocycles. The number of rotatable bonds is 6. The van der Waals surface area contributed by atoms with Gasteiger partial charge in [-0.05, 0) is 36.5 Å². The van der Waals surface area contributed by atoms with Gasteiger partial charge >= 0.3 is 0 Å². The second-order valence-electron chi connectivity index (χ2n) is 8.88. The molecular formula is C23H34N2O4. The van der Waals surface area contributed by atoms with Crippen LogP contribution in [0.1, 0.15) is 51.5 Å². The summed E-state index contributed by atoms with van der Waals surface area (Å²) in [5.41, 5.74) is 0.595. The Morgan fingerprint density at radius 2 is 1.83 bits per heavy atom. The van der Waals surface area contributed by atoms with E-state index < -0.39 is 5.41 Å². The van der Waals surface area contributed by atoms with Crippen molar-refractivity contribution in [1.29, 1.82) is 0 Å². The van der Waals surface area contributed by atoms with Gasteiger partial charge in [0.05, 0.1) is 18.6 Å². The maximum Gasteiger partial charge on any atom is 0.231 e. The van der Waals surface area contributed by atoms with Gasteiger partial charge < -0.3 is 19.5 Å². The predicted molar refractivity (Wildman–Crippen MR) is 111 cm³/mol. The third-order valence-corrected chi connectivity index (χ3v) is 6.82. The van der Waals surface area contributed by atoms with Crippen LogP contribution in [0.15, 0.2) is 18.2 Å².